The fourth-order valence-electron chi connectivity index (χ4n) is 3.72. The maximum absolute atomic E-state index is 3.87. The monoisotopic (exact) mass is 252 g/mol. The molecule has 0 radical (unpaired) electrons. The van der Waals surface area contributed by atoms with Gasteiger partial charge in [-0.15, -0.1) is 0 Å². The smallest absolute Gasteiger partial charge is 0.00699 e. The summed E-state index contributed by atoms with van der Waals surface area (Å²) >= 11 is 0. The first-order chi connectivity index (χ1) is 8.69. The van der Waals surface area contributed by atoms with Gasteiger partial charge in [0.1, 0.15) is 0 Å². The highest BCUT2D eigenvalue weighted by Crippen LogP contribution is 2.30. The zero-order valence-corrected chi connectivity index (χ0v) is 12.6. The number of nitrogens with one attached hydrogen (secondary N) is 1. The molecule has 0 aromatic rings. The molecule has 0 amide bonds. The van der Waals surface area contributed by atoms with Crippen LogP contribution in [0.15, 0.2) is 0 Å². The van der Waals surface area contributed by atoms with E-state index in [0.29, 0.717) is 0 Å². The van der Waals surface area contributed by atoms with Crippen LogP contribution >= 0.6 is 0 Å². The molecule has 2 fully saturated rings. The molecule has 0 aromatic heterocycles. The fraction of sp³-hybridized carbons (Fsp3) is 1.00. The van der Waals surface area contributed by atoms with Crippen LogP contribution in [0.4, 0.5) is 0 Å². The van der Waals surface area contributed by atoms with Crippen molar-refractivity contribution in [1.29, 1.82) is 0 Å². The largest absolute Gasteiger partial charge is 0.314 e. The van der Waals surface area contributed by atoms with Crippen molar-refractivity contribution < 1.29 is 0 Å². The van der Waals surface area contributed by atoms with Gasteiger partial charge in [-0.3, -0.25) is 0 Å². The van der Waals surface area contributed by atoms with E-state index >= 15 is 0 Å². The number of likely N-dealkylation sites (tertiary alicyclic amines) is 1. The van der Waals surface area contributed by atoms with Crippen LogP contribution in [0.3, 0.4) is 0 Å². The third kappa shape index (κ3) is 3.96. The maximum Gasteiger partial charge on any atom is 0.00699 e. The standard InChI is InChI=1S/C16H32N2/c1-4-18-9-8-14(12-18)11-17-16-7-5-6-15(10-16)13(2)3/h13-17H,4-12H2,1-3H3. The zero-order chi connectivity index (χ0) is 13.0. The predicted molar refractivity (Wildman–Crippen MR) is 78.8 cm³/mol. The molecule has 2 heteroatoms. The van der Waals surface area contributed by atoms with Crippen LogP contribution < -0.4 is 5.32 Å². The van der Waals surface area contributed by atoms with Gasteiger partial charge < -0.3 is 10.2 Å². The van der Waals surface area contributed by atoms with Crippen molar-refractivity contribution in [1.82, 2.24) is 10.2 Å². The molecule has 1 aliphatic carbocycles. The van der Waals surface area contributed by atoms with Crippen molar-refractivity contribution in [2.75, 3.05) is 26.2 Å². The topological polar surface area (TPSA) is 15.3 Å². The minimum atomic E-state index is 0.807. The first kappa shape index (κ1) is 14.3. The minimum Gasteiger partial charge on any atom is -0.314 e. The molecular weight excluding hydrogens is 220 g/mol. The van der Waals surface area contributed by atoms with Crippen molar-refractivity contribution in [3.8, 4) is 0 Å². The summed E-state index contributed by atoms with van der Waals surface area (Å²) in [6, 6.07) is 0.807. The van der Waals surface area contributed by atoms with Crippen LogP contribution in [0.2, 0.25) is 0 Å². The molecule has 18 heavy (non-hydrogen) atoms. The fourth-order valence-corrected chi connectivity index (χ4v) is 3.72. The van der Waals surface area contributed by atoms with E-state index < -0.39 is 0 Å². The van der Waals surface area contributed by atoms with E-state index in [1.807, 2.05) is 0 Å². The first-order valence-electron chi connectivity index (χ1n) is 8.14. The third-order valence-corrected chi connectivity index (χ3v) is 5.17. The highest BCUT2D eigenvalue weighted by Gasteiger charge is 2.26. The number of rotatable bonds is 5. The summed E-state index contributed by atoms with van der Waals surface area (Å²) in [5.41, 5.74) is 0. The van der Waals surface area contributed by atoms with Crippen LogP contribution in [-0.4, -0.2) is 37.1 Å². The summed E-state index contributed by atoms with van der Waals surface area (Å²) in [4.78, 5) is 2.59. The molecule has 3 atom stereocenters. The van der Waals surface area contributed by atoms with E-state index in [1.165, 1.54) is 58.3 Å². The summed E-state index contributed by atoms with van der Waals surface area (Å²) in [6.07, 6.45) is 7.13. The second-order valence-corrected chi connectivity index (χ2v) is 6.82. The number of nitrogens with zero attached hydrogens (tertiary/aromatic N) is 1. The molecule has 2 rings (SSSR count). The van der Waals surface area contributed by atoms with Crippen molar-refractivity contribution in [3.05, 3.63) is 0 Å². The van der Waals surface area contributed by atoms with Crippen LogP contribution in [-0.2, 0) is 0 Å². The maximum atomic E-state index is 3.87. The van der Waals surface area contributed by atoms with Gasteiger partial charge in [0.2, 0.25) is 0 Å². The number of hydrogen-bond acceptors (Lipinski definition) is 2. The lowest BCUT2D eigenvalue weighted by molar-refractivity contribution is 0.225. The van der Waals surface area contributed by atoms with Gasteiger partial charge in [-0.2, -0.15) is 0 Å². The van der Waals surface area contributed by atoms with E-state index in [0.717, 1.165) is 23.8 Å². The molecule has 1 saturated heterocycles. The summed E-state index contributed by atoms with van der Waals surface area (Å²) in [6.45, 7) is 12.2. The molecule has 3 unspecified atom stereocenters. The van der Waals surface area contributed by atoms with Crippen molar-refractivity contribution in [2.45, 2.75) is 58.9 Å². The molecule has 106 valence electrons. The van der Waals surface area contributed by atoms with E-state index in [-0.39, 0.29) is 0 Å². The summed E-state index contributed by atoms with van der Waals surface area (Å²) in [7, 11) is 0. The highest BCUT2D eigenvalue weighted by molar-refractivity contribution is 4.82. The first-order valence-corrected chi connectivity index (χ1v) is 8.14. The van der Waals surface area contributed by atoms with Crippen molar-refractivity contribution in [3.63, 3.8) is 0 Å². The molecule has 1 N–H and O–H groups in total. The second kappa shape index (κ2) is 6.91. The van der Waals surface area contributed by atoms with Crippen molar-refractivity contribution >= 4 is 0 Å². The summed E-state index contributed by atoms with van der Waals surface area (Å²) < 4.78 is 0. The van der Waals surface area contributed by atoms with Gasteiger partial charge in [0, 0.05) is 12.6 Å². The highest BCUT2D eigenvalue weighted by atomic mass is 15.1. The Balaban J connectivity index is 1.67. The average molecular weight is 252 g/mol. The Hall–Kier alpha value is -0.0800. The Morgan fingerprint density at radius 3 is 2.72 bits per heavy atom. The van der Waals surface area contributed by atoms with Gasteiger partial charge in [0.15, 0.2) is 0 Å². The lowest BCUT2D eigenvalue weighted by Gasteiger charge is -2.32. The van der Waals surface area contributed by atoms with Gasteiger partial charge in [0.25, 0.3) is 0 Å². The Labute approximate surface area is 114 Å². The Kier molecular flexibility index (Phi) is 5.50. The summed E-state index contributed by atoms with van der Waals surface area (Å²) in [5.74, 6) is 2.74. The molecule has 0 bridgehead atoms. The minimum absolute atomic E-state index is 0.807. The predicted octanol–water partition coefficient (Wildman–Crippen LogP) is 3.13. The Morgan fingerprint density at radius 2 is 2.06 bits per heavy atom. The molecular formula is C16H32N2. The van der Waals surface area contributed by atoms with Gasteiger partial charge in [-0.25, -0.2) is 0 Å². The van der Waals surface area contributed by atoms with Gasteiger partial charge in [-0.1, -0.05) is 33.6 Å². The molecule has 1 heterocycles. The van der Waals surface area contributed by atoms with Crippen LogP contribution in [0.25, 0.3) is 0 Å². The van der Waals surface area contributed by atoms with E-state index in [4.69, 9.17) is 0 Å². The van der Waals surface area contributed by atoms with Crippen LogP contribution in [0.5, 0.6) is 0 Å². The lowest BCUT2D eigenvalue weighted by atomic mass is 9.79. The summed E-state index contributed by atoms with van der Waals surface area (Å²) in [5, 5.41) is 3.87. The Morgan fingerprint density at radius 1 is 1.22 bits per heavy atom. The Bertz CT molecular complexity index is 239. The van der Waals surface area contributed by atoms with Crippen molar-refractivity contribution in [2.24, 2.45) is 17.8 Å². The average Bonchev–Trinajstić information content (AvgIpc) is 2.84. The second-order valence-electron chi connectivity index (χ2n) is 6.82. The zero-order valence-electron chi connectivity index (χ0n) is 12.6. The molecule has 1 saturated carbocycles. The van der Waals surface area contributed by atoms with Crippen LogP contribution in [0, 0.1) is 17.8 Å². The van der Waals surface area contributed by atoms with E-state index in [9.17, 15) is 0 Å². The van der Waals surface area contributed by atoms with E-state index in [2.05, 4.69) is 31.0 Å². The molecule has 0 aromatic carbocycles. The van der Waals surface area contributed by atoms with Gasteiger partial charge in [0.05, 0.1) is 0 Å². The SMILES string of the molecule is CCN1CCC(CNC2CCCC(C(C)C)C2)C1. The lowest BCUT2D eigenvalue weighted by Crippen LogP contribution is -2.38. The quantitative estimate of drug-likeness (QED) is 0.809. The number of hydrogen-bond donors (Lipinski definition) is 1. The van der Waals surface area contributed by atoms with Gasteiger partial charge in [-0.05, 0) is 56.7 Å². The molecule has 2 nitrogen and oxygen atoms in total. The van der Waals surface area contributed by atoms with Gasteiger partial charge >= 0.3 is 0 Å². The van der Waals surface area contributed by atoms with E-state index in [1.54, 1.807) is 0 Å². The normalized spacial score (nSPS) is 34.3. The molecule has 2 aliphatic rings. The molecule has 1 aliphatic heterocycles. The third-order valence-electron chi connectivity index (χ3n) is 5.17. The van der Waals surface area contributed by atoms with Crippen LogP contribution in [0.1, 0.15) is 52.9 Å². The molecule has 0 spiro atoms.